The zero-order valence-corrected chi connectivity index (χ0v) is 16.0. The first-order valence-electron chi connectivity index (χ1n) is 9.55. The van der Waals surface area contributed by atoms with Crippen molar-refractivity contribution in [2.45, 2.75) is 52.1 Å². The molecular formula is C21H27N5O. The molecule has 142 valence electrons. The van der Waals surface area contributed by atoms with E-state index in [1.807, 2.05) is 18.3 Å². The lowest BCUT2D eigenvalue weighted by Gasteiger charge is -2.39. The zero-order valence-electron chi connectivity index (χ0n) is 16.0. The van der Waals surface area contributed by atoms with Gasteiger partial charge in [-0.25, -0.2) is 9.97 Å². The zero-order chi connectivity index (χ0) is 19.3. The van der Waals surface area contributed by atoms with Crippen molar-refractivity contribution >= 4 is 5.95 Å². The van der Waals surface area contributed by atoms with E-state index in [9.17, 15) is 10.4 Å². The molecule has 3 rings (SSSR count). The SMILES string of the molecule is CC1(C)C[C@H](Cc2nc(NCCc3cccnc3)ncc2C#N)CC[C@@H]1O. The lowest BCUT2D eigenvalue weighted by atomic mass is 9.69. The largest absolute Gasteiger partial charge is 0.393 e. The van der Waals surface area contributed by atoms with Crippen LogP contribution in [0.1, 0.15) is 49.9 Å². The summed E-state index contributed by atoms with van der Waals surface area (Å²) in [5.74, 6) is 0.983. The van der Waals surface area contributed by atoms with Crippen molar-refractivity contribution < 1.29 is 5.11 Å². The summed E-state index contributed by atoms with van der Waals surface area (Å²) in [6, 6.07) is 6.18. The van der Waals surface area contributed by atoms with Crippen LogP contribution in [0.25, 0.3) is 0 Å². The van der Waals surface area contributed by atoms with Crippen molar-refractivity contribution in [2.75, 3.05) is 11.9 Å². The Morgan fingerprint density at radius 1 is 1.33 bits per heavy atom. The minimum Gasteiger partial charge on any atom is -0.393 e. The summed E-state index contributed by atoms with van der Waals surface area (Å²) in [7, 11) is 0. The molecule has 0 bridgehead atoms. The number of pyridine rings is 1. The van der Waals surface area contributed by atoms with Gasteiger partial charge in [-0.2, -0.15) is 5.26 Å². The average Bonchev–Trinajstić information content (AvgIpc) is 2.66. The number of aliphatic hydroxyl groups is 1. The Labute approximate surface area is 160 Å². The number of hydrogen-bond donors (Lipinski definition) is 2. The van der Waals surface area contributed by atoms with Gasteiger partial charge in [-0.1, -0.05) is 19.9 Å². The summed E-state index contributed by atoms with van der Waals surface area (Å²) in [6.45, 7) is 4.93. The first-order valence-corrected chi connectivity index (χ1v) is 9.55. The molecule has 0 unspecified atom stereocenters. The topological polar surface area (TPSA) is 94.7 Å². The molecule has 6 heteroatoms. The summed E-state index contributed by atoms with van der Waals surface area (Å²) >= 11 is 0. The first-order chi connectivity index (χ1) is 13.0. The number of aliphatic hydroxyl groups excluding tert-OH is 1. The van der Waals surface area contributed by atoms with E-state index in [-0.39, 0.29) is 11.5 Å². The summed E-state index contributed by atoms with van der Waals surface area (Å²) in [5, 5.41) is 22.8. The van der Waals surface area contributed by atoms with Gasteiger partial charge in [0.15, 0.2) is 0 Å². The third-order valence-corrected chi connectivity index (χ3v) is 5.45. The van der Waals surface area contributed by atoms with E-state index < -0.39 is 0 Å². The lowest BCUT2D eigenvalue weighted by molar-refractivity contribution is -0.00748. The Morgan fingerprint density at radius 3 is 2.89 bits per heavy atom. The number of nitriles is 1. The second-order valence-corrected chi connectivity index (χ2v) is 8.06. The molecule has 2 atom stereocenters. The second kappa shape index (κ2) is 8.45. The third-order valence-electron chi connectivity index (χ3n) is 5.45. The molecule has 2 aromatic heterocycles. The average molecular weight is 365 g/mol. The van der Waals surface area contributed by atoms with E-state index in [0.717, 1.165) is 43.4 Å². The Hall–Kier alpha value is -2.52. The van der Waals surface area contributed by atoms with Gasteiger partial charge in [-0.3, -0.25) is 4.98 Å². The van der Waals surface area contributed by atoms with Gasteiger partial charge in [-0.15, -0.1) is 0 Å². The normalized spacial score (nSPS) is 21.4. The maximum atomic E-state index is 10.2. The Morgan fingerprint density at radius 2 is 2.19 bits per heavy atom. The minimum atomic E-state index is -0.251. The number of anilines is 1. The minimum absolute atomic E-state index is 0.0897. The smallest absolute Gasteiger partial charge is 0.222 e. The van der Waals surface area contributed by atoms with Crippen molar-refractivity contribution in [1.82, 2.24) is 15.0 Å². The van der Waals surface area contributed by atoms with Gasteiger partial charge in [0.05, 0.1) is 23.6 Å². The number of nitrogens with zero attached hydrogens (tertiary/aromatic N) is 4. The van der Waals surface area contributed by atoms with Crippen molar-refractivity contribution in [3.8, 4) is 6.07 Å². The molecule has 0 saturated heterocycles. The molecule has 1 aliphatic rings. The first kappa shape index (κ1) is 19.2. The van der Waals surface area contributed by atoms with Crippen molar-refractivity contribution in [3.05, 3.63) is 47.5 Å². The molecule has 2 aromatic rings. The predicted molar refractivity (Wildman–Crippen MR) is 104 cm³/mol. The van der Waals surface area contributed by atoms with Gasteiger partial charge in [0.2, 0.25) is 5.95 Å². The van der Waals surface area contributed by atoms with Crippen LogP contribution < -0.4 is 5.32 Å². The lowest BCUT2D eigenvalue weighted by Crippen LogP contribution is -2.37. The molecule has 27 heavy (non-hydrogen) atoms. The highest BCUT2D eigenvalue weighted by molar-refractivity contribution is 5.37. The molecule has 1 aliphatic carbocycles. The Bertz CT molecular complexity index is 800. The summed E-state index contributed by atoms with van der Waals surface area (Å²) in [4.78, 5) is 13.0. The molecule has 6 nitrogen and oxygen atoms in total. The van der Waals surface area contributed by atoms with Gasteiger partial charge in [0, 0.05) is 18.9 Å². The highest BCUT2D eigenvalue weighted by Crippen LogP contribution is 2.40. The Kier molecular flexibility index (Phi) is 6.02. The fourth-order valence-electron chi connectivity index (χ4n) is 3.83. The van der Waals surface area contributed by atoms with Crippen LogP contribution in [0.15, 0.2) is 30.7 Å². The van der Waals surface area contributed by atoms with Crippen LogP contribution in [0.2, 0.25) is 0 Å². The molecule has 1 fully saturated rings. The summed E-state index contributed by atoms with van der Waals surface area (Å²) < 4.78 is 0. The van der Waals surface area contributed by atoms with Crippen LogP contribution in [-0.2, 0) is 12.8 Å². The van der Waals surface area contributed by atoms with E-state index >= 15 is 0 Å². The van der Waals surface area contributed by atoms with Crippen molar-refractivity contribution in [2.24, 2.45) is 11.3 Å². The fraction of sp³-hybridized carbons (Fsp3) is 0.524. The van der Waals surface area contributed by atoms with Gasteiger partial charge in [0.1, 0.15) is 6.07 Å². The maximum absolute atomic E-state index is 10.2. The maximum Gasteiger partial charge on any atom is 0.222 e. The number of rotatable bonds is 6. The Balaban J connectivity index is 1.64. The van der Waals surface area contributed by atoms with Gasteiger partial charge in [-0.05, 0) is 55.1 Å². The molecule has 1 saturated carbocycles. The molecule has 0 aromatic carbocycles. The number of hydrogen-bond acceptors (Lipinski definition) is 6. The van der Waals surface area contributed by atoms with Crippen LogP contribution in [-0.4, -0.2) is 32.7 Å². The van der Waals surface area contributed by atoms with Crippen LogP contribution >= 0.6 is 0 Å². The van der Waals surface area contributed by atoms with Crippen molar-refractivity contribution in [1.29, 1.82) is 5.26 Å². The van der Waals surface area contributed by atoms with E-state index in [1.54, 1.807) is 12.4 Å². The van der Waals surface area contributed by atoms with E-state index in [1.165, 1.54) is 0 Å². The van der Waals surface area contributed by atoms with Crippen LogP contribution in [0.3, 0.4) is 0 Å². The molecule has 0 radical (unpaired) electrons. The molecule has 0 amide bonds. The van der Waals surface area contributed by atoms with E-state index in [0.29, 0.717) is 24.0 Å². The molecule has 2 N–H and O–H groups in total. The number of nitrogens with one attached hydrogen (secondary N) is 1. The van der Waals surface area contributed by atoms with Gasteiger partial charge >= 0.3 is 0 Å². The summed E-state index contributed by atoms with van der Waals surface area (Å²) in [5.41, 5.74) is 2.40. The highest BCUT2D eigenvalue weighted by Gasteiger charge is 2.35. The molecule has 0 spiro atoms. The standard InChI is InChI=1S/C21H27N5O/c1-21(2)11-16(5-6-19(21)27)10-18-17(12-22)14-25-20(26-18)24-9-7-15-4-3-8-23-13-15/h3-4,8,13-14,16,19,27H,5-7,9-11H2,1-2H3,(H,24,25,26)/t16-,19-/m0/s1. The van der Waals surface area contributed by atoms with E-state index in [4.69, 9.17) is 0 Å². The van der Waals surface area contributed by atoms with Gasteiger partial charge in [0.25, 0.3) is 0 Å². The third kappa shape index (κ3) is 5.01. The van der Waals surface area contributed by atoms with Crippen LogP contribution in [0.4, 0.5) is 5.95 Å². The summed E-state index contributed by atoms with van der Waals surface area (Å²) in [6.07, 6.45) is 9.26. The quantitative estimate of drug-likeness (QED) is 0.817. The van der Waals surface area contributed by atoms with E-state index in [2.05, 4.69) is 40.2 Å². The van der Waals surface area contributed by atoms with Gasteiger partial charge < -0.3 is 10.4 Å². The molecular weight excluding hydrogens is 338 g/mol. The van der Waals surface area contributed by atoms with Crippen molar-refractivity contribution in [3.63, 3.8) is 0 Å². The monoisotopic (exact) mass is 365 g/mol. The molecule has 2 heterocycles. The fourth-order valence-corrected chi connectivity index (χ4v) is 3.83. The molecule has 0 aliphatic heterocycles. The predicted octanol–water partition coefficient (Wildman–Crippen LogP) is 3.13. The number of aromatic nitrogens is 3. The van der Waals surface area contributed by atoms with Crippen LogP contribution in [0, 0.1) is 22.7 Å². The second-order valence-electron chi connectivity index (χ2n) is 8.06. The van der Waals surface area contributed by atoms with Crippen LogP contribution in [0.5, 0.6) is 0 Å². The highest BCUT2D eigenvalue weighted by atomic mass is 16.3.